The SMILES string of the molecule is C[C@@H]1CNCCN1C1CCCC1O. The molecule has 1 heterocycles. The van der Waals surface area contributed by atoms with Crippen LogP contribution in [0.2, 0.25) is 0 Å². The van der Waals surface area contributed by atoms with Crippen molar-refractivity contribution in [2.75, 3.05) is 19.6 Å². The maximum atomic E-state index is 9.80. The zero-order chi connectivity index (χ0) is 9.26. The fourth-order valence-electron chi connectivity index (χ4n) is 2.66. The lowest BCUT2D eigenvalue weighted by molar-refractivity contribution is 0.0366. The number of aliphatic hydroxyl groups is 1. The highest BCUT2D eigenvalue weighted by Crippen LogP contribution is 2.25. The molecule has 76 valence electrons. The summed E-state index contributed by atoms with van der Waals surface area (Å²) in [6, 6.07) is 1.03. The van der Waals surface area contributed by atoms with Gasteiger partial charge in [-0.3, -0.25) is 4.90 Å². The Morgan fingerprint density at radius 3 is 2.85 bits per heavy atom. The second kappa shape index (κ2) is 3.95. The van der Waals surface area contributed by atoms with Crippen LogP contribution in [0.15, 0.2) is 0 Å². The van der Waals surface area contributed by atoms with Crippen molar-refractivity contribution < 1.29 is 5.11 Å². The average Bonchev–Trinajstić information content (AvgIpc) is 2.52. The van der Waals surface area contributed by atoms with E-state index in [4.69, 9.17) is 0 Å². The number of rotatable bonds is 1. The Morgan fingerprint density at radius 2 is 2.23 bits per heavy atom. The first kappa shape index (κ1) is 9.44. The maximum Gasteiger partial charge on any atom is 0.0695 e. The zero-order valence-corrected chi connectivity index (χ0v) is 8.37. The van der Waals surface area contributed by atoms with Gasteiger partial charge in [0, 0.05) is 31.7 Å². The third-order valence-electron chi connectivity index (χ3n) is 3.42. The third-order valence-corrected chi connectivity index (χ3v) is 3.42. The van der Waals surface area contributed by atoms with Gasteiger partial charge in [-0.2, -0.15) is 0 Å². The van der Waals surface area contributed by atoms with Crippen LogP contribution in [0, 0.1) is 0 Å². The molecular weight excluding hydrogens is 164 g/mol. The predicted octanol–water partition coefficient (Wildman–Crippen LogP) is 0.193. The van der Waals surface area contributed by atoms with Gasteiger partial charge in [0.1, 0.15) is 0 Å². The van der Waals surface area contributed by atoms with Crippen LogP contribution >= 0.6 is 0 Å². The Hall–Kier alpha value is -0.120. The fourth-order valence-corrected chi connectivity index (χ4v) is 2.66. The van der Waals surface area contributed by atoms with Crippen molar-refractivity contribution in [2.45, 2.75) is 44.4 Å². The van der Waals surface area contributed by atoms with E-state index in [1.165, 1.54) is 12.8 Å². The first-order valence-electron chi connectivity index (χ1n) is 5.43. The lowest BCUT2D eigenvalue weighted by Crippen LogP contribution is -2.55. The number of piperazine rings is 1. The maximum absolute atomic E-state index is 9.80. The second-order valence-electron chi connectivity index (χ2n) is 4.36. The lowest BCUT2D eigenvalue weighted by atomic mass is 10.1. The third kappa shape index (κ3) is 1.87. The molecule has 0 spiro atoms. The van der Waals surface area contributed by atoms with Gasteiger partial charge >= 0.3 is 0 Å². The van der Waals surface area contributed by atoms with Gasteiger partial charge in [0.2, 0.25) is 0 Å². The molecule has 2 fully saturated rings. The summed E-state index contributed by atoms with van der Waals surface area (Å²) in [5.74, 6) is 0. The average molecular weight is 184 g/mol. The molecule has 1 aliphatic heterocycles. The Bertz CT molecular complexity index is 174. The van der Waals surface area contributed by atoms with Crippen molar-refractivity contribution >= 4 is 0 Å². The van der Waals surface area contributed by atoms with E-state index in [1.54, 1.807) is 0 Å². The van der Waals surface area contributed by atoms with Crippen molar-refractivity contribution in [3.8, 4) is 0 Å². The fraction of sp³-hybridized carbons (Fsp3) is 1.00. The summed E-state index contributed by atoms with van der Waals surface area (Å²) in [6.45, 7) is 5.50. The van der Waals surface area contributed by atoms with Gasteiger partial charge < -0.3 is 10.4 Å². The van der Waals surface area contributed by atoms with Crippen LogP contribution in [0.5, 0.6) is 0 Å². The summed E-state index contributed by atoms with van der Waals surface area (Å²) >= 11 is 0. The van der Waals surface area contributed by atoms with Crippen LogP contribution in [-0.2, 0) is 0 Å². The van der Waals surface area contributed by atoms with Gasteiger partial charge in [0.15, 0.2) is 0 Å². The summed E-state index contributed by atoms with van der Waals surface area (Å²) < 4.78 is 0. The summed E-state index contributed by atoms with van der Waals surface area (Å²) in [5.41, 5.74) is 0. The molecule has 0 aromatic rings. The van der Waals surface area contributed by atoms with Crippen LogP contribution in [0.1, 0.15) is 26.2 Å². The van der Waals surface area contributed by atoms with E-state index in [9.17, 15) is 5.11 Å². The van der Waals surface area contributed by atoms with Gasteiger partial charge in [-0.25, -0.2) is 0 Å². The molecule has 2 aliphatic rings. The molecule has 0 amide bonds. The van der Waals surface area contributed by atoms with E-state index in [0.29, 0.717) is 12.1 Å². The molecule has 13 heavy (non-hydrogen) atoms. The molecule has 0 bridgehead atoms. The molecule has 0 aromatic carbocycles. The van der Waals surface area contributed by atoms with E-state index < -0.39 is 0 Å². The molecule has 3 heteroatoms. The summed E-state index contributed by atoms with van der Waals surface area (Å²) in [4.78, 5) is 2.48. The van der Waals surface area contributed by atoms with Crippen LogP contribution in [0.3, 0.4) is 0 Å². The highest BCUT2D eigenvalue weighted by molar-refractivity contribution is 4.90. The predicted molar refractivity (Wildman–Crippen MR) is 52.7 cm³/mol. The van der Waals surface area contributed by atoms with Gasteiger partial charge in [-0.1, -0.05) is 0 Å². The molecule has 1 aliphatic carbocycles. The molecule has 0 radical (unpaired) electrons. The monoisotopic (exact) mass is 184 g/mol. The van der Waals surface area contributed by atoms with Crippen molar-refractivity contribution in [1.29, 1.82) is 0 Å². The normalized spacial score (nSPS) is 42.5. The van der Waals surface area contributed by atoms with E-state index >= 15 is 0 Å². The highest BCUT2D eigenvalue weighted by Gasteiger charge is 2.33. The first-order valence-corrected chi connectivity index (χ1v) is 5.43. The van der Waals surface area contributed by atoms with E-state index in [-0.39, 0.29) is 6.10 Å². The summed E-state index contributed by atoms with van der Waals surface area (Å²) in [6.07, 6.45) is 3.32. The Labute approximate surface area is 80.1 Å². The molecular formula is C10H20N2O. The Balaban J connectivity index is 1.97. The van der Waals surface area contributed by atoms with Crippen LogP contribution < -0.4 is 5.32 Å². The van der Waals surface area contributed by atoms with Crippen molar-refractivity contribution in [3.63, 3.8) is 0 Å². The van der Waals surface area contributed by atoms with E-state index in [1.807, 2.05) is 0 Å². The molecule has 2 unspecified atom stereocenters. The number of nitrogens with one attached hydrogen (secondary N) is 1. The van der Waals surface area contributed by atoms with Gasteiger partial charge in [-0.15, -0.1) is 0 Å². The van der Waals surface area contributed by atoms with Crippen LogP contribution in [-0.4, -0.2) is 47.8 Å². The number of hydrogen-bond acceptors (Lipinski definition) is 3. The quantitative estimate of drug-likeness (QED) is 0.611. The Kier molecular flexibility index (Phi) is 2.86. The molecule has 0 aromatic heterocycles. The van der Waals surface area contributed by atoms with Crippen molar-refractivity contribution in [3.05, 3.63) is 0 Å². The van der Waals surface area contributed by atoms with Gasteiger partial charge in [-0.05, 0) is 26.2 Å². The minimum Gasteiger partial charge on any atom is -0.391 e. The van der Waals surface area contributed by atoms with Crippen LogP contribution in [0.25, 0.3) is 0 Å². The minimum atomic E-state index is -0.0689. The van der Waals surface area contributed by atoms with E-state index in [2.05, 4.69) is 17.1 Å². The summed E-state index contributed by atoms with van der Waals surface area (Å²) in [5, 5.41) is 13.2. The molecule has 3 nitrogen and oxygen atoms in total. The van der Waals surface area contributed by atoms with E-state index in [0.717, 1.165) is 26.1 Å². The second-order valence-corrected chi connectivity index (χ2v) is 4.36. The highest BCUT2D eigenvalue weighted by atomic mass is 16.3. The van der Waals surface area contributed by atoms with Crippen molar-refractivity contribution in [1.82, 2.24) is 10.2 Å². The van der Waals surface area contributed by atoms with Gasteiger partial charge in [0.05, 0.1) is 6.10 Å². The first-order chi connectivity index (χ1) is 6.29. The molecule has 3 atom stereocenters. The molecule has 1 saturated heterocycles. The molecule has 1 saturated carbocycles. The smallest absolute Gasteiger partial charge is 0.0695 e. The number of hydrogen-bond donors (Lipinski definition) is 2. The Morgan fingerprint density at radius 1 is 1.38 bits per heavy atom. The molecule has 2 rings (SSSR count). The standard InChI is InChI=1S/C10H20N2O/c1-8-7-11-5-6-12(8)9-3-2-4-10(9)13/h8-11,13H,2-7H2,1H3/t8-,9?,10?/m1/s1. The topological polar surface area (TPSA) is 35.5 Å². The molecule has 2 N–H and O–H groups in total. The van der Waals surface area contributed by atoms with Crippen LogP contribution in [0.4, 0.5) is 0 Å². The van der Waals surface area contributed by atoms with Crippen molar-refractivity contribution in [2.24, 2.45) is 0 Å². The summed E-state index contributed by atoms with van der Waals surface area (Å²) in [7, 11) is 0. The largest absolute Gasteiger partial charge is 0.391 e. The zero-order valence-electron chi connectivity index (χ0n) is 8.37. The van der Waals surface area contributed by atoms with Gasteiger partial charge in [0.25, 0.3) is 0 Å². The number of nitrogens with zero attached hydrogens (tertiary/aromatic N) is 1. The number of aliphatic hydroxyl groups excluding tert-OH is 1. The minimum absolute atomic E-state index is 0.0689. The lowest BCUT2D eigenvalue weighted by Gasteiger charge is -2.39.